The molecule has 2 aromatic rings. The molecule has 4 heteroatoms. The molecule has 62 valence electrons. The summed E-state index contributed by atoms with van der Waals surface area (Å²) < 4.78 is 1.67. The number of rotatable bonds is 1. The van der Waals surface area contributed by atoms with Gasteiger partial charge in [-0.05, 0) is 18.6 Å². The monoisotopic (exact) mass is 181 g/mol. The summed E-state index contributed by atoms with van der Waals surface area (Å²) in [6.45, 7) is 2.01. The molecule has 0 aliphatic carbocycles. The van der Waals surface area contributed by atoms with E-state index in [0.29, 0.717) is 6.00 Å². The predicted molar refractivity (Wildman–Crippen MR) is 48.1 cm³/mol. The van der Waals surface area contributed by atoms with E-state index in [-0.39, 0.29) is 0 Å². The lowest BCUT2D eigenvalue weighted by Gasteiger charge is -1.95. The molecule has 0 amide bonds. The van der Waals surface area contributed by atoms with Crippen LogP contribution in [0.1, 0.15) is 5.56 Å². The van der Waals surface area contributed by atoms with Crippen LogP contribution in [0.2, 0.25) is 0 Å². The Labute approximate surface area is 74.9 Å². The Morgan fingerprint density at radius 3 is 3.08 bits per heavy atom. The first-order valence-electron chi connectivity index (χ1n) is 3.67. The minimum absolute atomic E-state index is 0.347. The van der Waals surface area contributed by atoms with Crippen molar-refractivity contribution >= 4 is 22.6 Å². The molecule has 0 fully saturated rings. The molecule has 0 N–H and O–H groups in total. The minimum atomic E-state index is 0.347. The van der Waals surface area contributed by atoms with Crippen LogP contribution in [0.5, 0.6) is 0 Å². The Morgan fingerprint density at radius 1 is 1.50 bits per heavy atom. The Hall–Kier alpha value is -1.09. The summed E-state index contributed by atoms with van der Waals surface area (Å²) in [4.78, 5) is 0. The van der Waals surface area contributed by atoms with Crippen LogP contribution in [0.25, 0.3) is 11.0 Å². The van der Waals surface area contributed by atoms with Gasteiger partial charge in [-0.1, -0.05) is 17.3 Å². The van der Waals surface area contributed by atoms with Crippen LogP contribution < -0.4 is 0 Å². The lowest BCUT2D eigenvalue weighted by molar-refractivity contribution is 0.717. The largest absolute Gasteiger partial charge is 0.230 e. The molecule has 0 aliphatic heterocycles. The first-order chi connectivity index (χ1) is 5.83. The van der Waals surface area contributed by atoms with Crippen molar-refractivity contribution in [1.82, 2.24) is 15.0 Å². The molecular weight excluding hydrogens is 174 g/mol. The highest BCUT2D eigenvalue weighted by Crippen LogP contribution is 2.14. The number of hydrogen-bond donors (Lipinski definition) is 0. The standard InChI is InChI=1S/C8H8ClN3/c1-6-3-2-4-7-8(6)10-11-12(7)5-9/h2-4H,5H2,1H3. The van der Waals surface area contributed by atoms with Crippen LogP contribution >= 0.6 is 11.6 Å². The van der Waals surface area contributed by atoms with E-state index in [2.05, 4.69) is 10.3 Å². The highest BCUT2D eigenvalue weighted by molar-refractivity contribution is 6.15. The SMILES string of the molecule is Cc1cccc2c1nnn2CCl. The number of hydrogen-bond acceptors (Lipinski definition) is 2. The van der Waals surface area contributed by atoms with Gasteiger partial charge in [-0.3, -0.25) is 0 Å². The van der Waals surface area contributed by atoms with Crippen LogP contribution in [0.4, 0.5) is 0 Å². The van der Waals surface area contributed by atoms with Gasteiger partial charge in [0.2, 0.25) is 0 Å². The zero-order chi connectivity index (χ0) is 8.55. The van der Waals surface area contributed by atoms with E-state index < -0.39 is 0 Å². The normalized spacial score (nSPS) is 10.8. The summed E-state index contributed by atoms with van der Waals surface area (Å²) in [6, 6.07) is 6.30. The van der Waals surface area contributed by atoms with E-state index in [0.717, 1.165) is 16.6 Å². The van der Waals surface area contributed by atoms with Gasteiger partial charge in [-0.25, -0.2) is 4.68 Å². The molecule has 3 nitrogen and oxygen atoms in total. The lowest BCUT2D eigenvalue weighted by atomic mass is 10.2. The van der Waals surface area contributed by atoms with Gasteiger partial charge < -0.3 is 0 Å². The topological polar surface area (TPSA) is 30.7 Å². The fraction of sp³-hybridized carbons (Fsp3) is 0.250. The van der Waals surface area contributed by atoms with Gasteiger partial charge in [0.15, 0.2) is 0 Å². The number of benzene rings is 1. The Morgan fingerprint density at radius 2 is 2.33 bits per heavy atom. The van der Waals surface area contributed by atoms with Crippen molar-refractivity contribution in [1.29, 1.82) is 0 Å². The van der Waals surface area contributed by atoms with E-state index in [1.54, 1.807) is 4.68 Å². The maximum atomic E-state index is 5.66. The van der Waals surface area contributed by atoms with Gasteiger partial charge in [-0.15, -0.1) is 16.7 Å². The number of aryl methyl sites for hydroxylation is 1. The van der Waals surface area contributed by atoms with Crippen LogP contribution in [0, 0.1) is 6.92 Å². The third kappa shape index (κ3) is 0.975. The van der Waals surface area contributed by atoms with E-state index in [1.165, 1.54) is 0 Å². The van der Waals surface area contributed by atoms with Crippen molar-refractivity contribution in [2.75, 3.05) is 0 Å². The molecule has 0 spiro atoms. The first-order valence-corrected chi connectivity index (χ1v) is 4.21. The lowest BCUT2D eigenvalue weighted by Crippen LogP contribution is -1.93. The third-order valence-electron chi connectivity index (χ3n) is 1.86. The quantitative estimate of drug-likeness (QED) is 0.630. The predicted octanol–water partition coefficient (Wildman–Crippen LogP) is 1.94. The highest BCUT2D eigenvalue weighted by Gasteiger charge is 2.03. The summed E-state index contributed by atoms with van der Waals surface area (Å²) in [5.41, 5.74) is 3.05. The molecule has 1 heterocycles. The van der Waals surface area contributed by atoms with Gasteiger partial charge in [0, 0.05) is 0 Å². The molecule has 0 radical (unpaired) electrons. The first kappa shape index (κ1) is 7.55. The van der Waals surface area contributed by atoms with Crippen LogP contribution in [0.3, 0.4) is 0 Å². The Bertz CT molecular complexity index is 408. The fourth-order valence-corrected chi connectivity index (χ4v) is 1.39. The molecule has 0 aliphatic rings. The zero-order valence-electron chi connectivity index (χ0n) is 6.66. The van der Waals surface area contributed by atoms with Crippen molar-refractivity contribution in [2.24, 2.45) is 0 Å². The van der Waals surface area contributed by atoms with Crippen molar-refractivity contribution in [2.45, 2.75) is 12.9 Å². The molecule has 2 rings (SSSR count). The average Bonchev–Trinajstić information content (AvgIpc) is 2.49. The molecule has 0 unspecified atom stereocenters. The summed E-state index contributed by atoms with van der Waals surface area (Å²) in [6.07, 6.45) is 0. The third-order valence-corrected chi connectivity index (χ3v) is 2.09. The Balaban J connectivity index is 2.80. The van der Waals surface area contributed by atoms with Gasteiger partial charge in [0.05, 0.1) is 5.52 Å². The molecular formula is C8H8ClN3. The molecule has 0 saturated heterocycles. The number of halogens is 1. The van der Waals surface area contributed by atoms with Crippen molar-refractivity contribution in [3.05, 3.63) is 23.8 Å². The van der Waals surface area contributed by atoms with Crippen molar-refractivity contribution in [3.63, 3.8) is 0 Å². The smallest absolute Gasteiger partial charge is 0.117 e. The summed E-state index contributed by atoms with van der Waals surface area (Å²) in [5, 5.41) is 7.93. The van der Waals surface area contributed by atoms with Gasteiger partial charge in [0.25, 0.3) is 0 Å². The average molecular weight is 182 g/mol. The van der Waals surface area contributed by atoms with E-state index in [1.807, 2.05) is 25.1 Å². The highest BCUT2D eigenvalue weighted by atomic mass is 35.5. The molecule has 1 aromatic heterocycles. The van der Waals surface area contributed by atoms with E-state index in [9.17, 15) is 0 Å². The second-order valence-electron chi connectivity index (χ2n) is 2.65. The second kappa shape index (κ2) is 2.75. The van der Waals surface area contributed by atoms with Gasteiger partial charge >= 0.3 is 0 Å². The summed E-state index contributed by atoms with van der Waals surface area (Å²) in [7, 11) is 0. The number of fused-ring (bicyclic) bond motifs is 1. The molecule has 0 atom stereocenters. The summed E-state index contributed by atoms with van der Waals surface area (Å²) in [5.74, 6) is 0. The second-order valence-corrected chi connectivity index (χ2v) is 2.89. The molecule has 0 saturated carbocycles. The van der Waals surface area contributed by atoms with Gasteiger partial charge in [-0.2, -0.15) is 0 Å². The zero-order valence-corrected chi connectivity index (χ0v) is 7.41. The number of alkyl halides is 1. The van der Waals surface area contributed by atoms with Crippen molar-refractivity contribution in [3.8, 4) is 0 Å². The van der Waals surface area contributed by atoms with E-state index in [4.69, 9.17) is 11.6 Å². The fourth-order valence-electron chi connectivity index (χ4n) is 1.22. The van der Waals surface area contributed by atoms with Crippen LogP contribution in [0.15, 0.2) is 18.2 Å². The van der Waals surface area contributed by atoms with Crippen molar-refractivity contribution < 1.29 is 0 Å². The number of aromatic nitrogens is 3. The molecule has 12 heavy (non-hydrogen) atoms. The maximum Gasteiger partial charge on any atom is 0.117 e. The minimum Gasteiger partial charge on any atom is -0.230 e. The molecule has 1 aromatic carbocycles. The maximum absolute atomic E-state index is 5.66. The Kier molecular flexibility index (Phi) is 1.73. The van der Waals surface area contributed by atoms with E-state index >= 15 is 0 Å². The van der Waals surface area contributed by atoms with Gasteiger partial charge in [0.1, 0.15) is 11.5 Å². The van der Waals surface area contributed by atoms with Crippen LogP contribution in [-0.4, -0.2) is 15.0 Å². The van der Waals surface area contributed by atoms with Crippen LogP contribution in [-0.2, 0) is 6.00 Å². The number of nitrogens with zero attached hydrogens (tertiary/aromatic N) is 3. The summed E-state index contributed by atoms with van der Waals surface area (Å²) >= 11 is 5.66. The molecule has 0 bridgehead atoms.